The summed E-state index contributed by atoms with van der Waals surface area (Å²) in [5.74, 6) is 0.799. The Bertz CT molecular complexity index is 964. The lowest BCUT2D eigenvalue weighted by Gasteiger charge is -2.38. The molecule has 1 N–H and O–H groups in total. The van der Waals surface area contributed by atoms with Gasteiger partial charge in [-0.3, -0.25) is 9.59 Å². The molecule has 2 heterocycles. The molecule has 2 amide bonds. The molecule has 1 atom stereocenters. The van der Waals surface area contributed by atoms with Crippen molar-refractivity contribution in [2.75, 3.05) is 56.7 Å². The molecule has 2 aromatic carbocycles. The van der Waals surface area contributed by atoms with E-state index in [-0.39, 0.29) is 24.9 Å². The van der Waals surface area contributed by atoms with E-state index in [0.29, 0.717) is 48.5 Å². The van der Waals surface area contributed by atoms with E-state index in [1.807, 2.05) is 29.2 Å². The van der Waals surface area contributed by atoms with Crippen molar-refractivity contribution in [1.82, 2.24) is 4.90 Å². The zero-order chi connectivity index (χ0) is 21.8. The van der Waals surface area contributed by atoms with Crippen LogP contribution in [0.5, 0.6) is 11.5 Å². The van der Waals surface area contributed by atoms with E-state index in [4.69, 9.17) is 25.8 Å². The molecule has 2 aromatic rings. The van der Waals surface area contributed by atoms with Gasteiger partial charge in [0.15, 0.2) is 6.10 Å². The molecule has 0 saturated carbocycles. The Kier molecular flexibility index (Phi) is 6.48. The highest BCUT2D eigenvalue weighted by Gasteiger charge is 2.34. The number of anilines is 2. The largest absolute Gasteiger partial charge is 0.495 e. The van der Waals surface area contributed by atoms with Crippen LogP contribution in [0.2, 0.25) is 5.02 Å². The minimum absolute atomic E-state index is 0.0664. The highest BCUT2D eigenvalue weighted by atomic mass is 35.5. The van der Waals surface area contributed by atoms with E-state index in [1.165, 1.54) is 7.11 Å². The number of amides is 2. The van der Waals surface area contributed by atoms with Crippen molar-refractivity contribution in [2.24, 2.45) is 0 Å². The van der Waals surface area contributed by atoms with Crippen LogP contribution in [0.3, 0.4) is 0 Å². The van der Waals surface area contributed by atoms with Gasteiger partial charge in [0.2, 0.25) is 5.91 Å². The third kappa shape index (κ3) is 4.86. The Morgan fingerprint density at radius 2 is 1.97 bits per heavy atom. The van der Waals surface area contributed by atoms with Crippen LogP contribution in [-0.2, 0) is 14.3 Å². The van der Waals surface area contributed by atoms with Crippen LogP contribution in [0.1, 0.15) is 0 Å². The molecule has 4 rings (SSSR count). The number of rotatable bonds is 5. The lowest BCUT2D eigenvalue weighted by atomic mass is 10.1. The lowest BCUT2D eigenvalue weighted by Crippen LogP contribution is -2.53. The number of benzene rings is 2. The Hall–Kier alpha value is -2.97. The van der Waals surface area contributed by atoms with Crippen molar-refractivity contribution in [3.8, 4) is 11.5 Å². The molecular formula is C22H24ClN3O5. The molecule has 0 aromatic heterocycles. The zero-order valence-corrected chi connectivity index (χ0v) is 17.9. The normalized spacial score (nSPS) is 18.1. The number of hydrogen-bond donors (Lipinski definition) is 1. The molecule has 164 valence electrons. The number of carbonyl (C=O) groups is 2. The third-order valence-corrected chi connectivity index (χ3v) is 5.52. The number of nitrogens with zero attached hydrogens (tertiary/aromatic N) is 2. The van der Waals surface area contributed by atoms with Crippen molar-refractivity contribution < 1.29 is 23.8 Å². The Balaban J connectivity index is 1.47. The van der Waals surface area contributed by atoms with Crippen LogP contribution in [0.4, 0.5) is 11.4 Å². The Morgan fingerprint density at radius 1 is 1.19 bits per heavy atom. The van der Waals surface area contributed by atoms with Crippen molar-refractivity contribution in [3.05, 3.63) is 47.5 Å². The minimum Gasteiger partial charge on any atom is -0.495 e. The third-order valence-electron chi connectivity index (χ3n) is 5.23. The SMILES string of the molecule is COc1ccc(NC(=O)CN2C[C@H](C(=O)N3CCOCC3)Oc3ccccc32)cc1Cl. The standard InChI is InChI=1S/C22H24ClN3O5/c1-29-18-7-6-15(12-16(18)23)24-21(27)14-26-13-20(22(28)25-8-10-30-11-9-25)31-19-5-3-2-4-17(19)26/h2-7,12,20H,8-11,13-14H2,1H3,(H,24,27)/t20-/m1/s1. The maximum atomic E-state index is 13.0. The molecular weight excluding hydrogens is 422 g/mol. The van der Waals surface area contributed by atoms with Gasteiger partial charge in [-0.15, -0.1) is 0 Å². The first-order valence-electron chi connectivity index (χ1n) is 10.1. The molecule has 0 unspecified atom stereocenters. The van der Waals surface area contributed by atoms with Crippen molar-refractivity contribution >= 4 is 34.8 Å². The van der Waals surface area contributed by atoms with E-state index in [0.717, 1.165) is 5.69 Å². The summed E-state index contributed by atoms with van der Waals surface area (Å²) in [5.41, 5.74) is 1.34. The molecule has 31 heavy (non-hydrogen) atoms. The van der Waals surface area contributed by atoms with E-state index in [1.54, 1.807) is 23.1 Å². The fourth-order valence-electron chi connectivity index (χ4n) is 3.69. The molecule has 1 fully saturated rings. The predicted octanol–water partition coefficient (Wildman–Crippen LogP) is 2.41. The van der Waals surface area contributed by atoms with Crippen LogP contribution in [0.25, 0.3) is 0 Å². The summed E-state index contributed by atoms with van der Waals surface area (Å²) in [6.45, 7) is 2.47. The van der Waals surface area contributed by atoms with Gasteiger partial charge in [0.1, 0.15) is 11.5 Å². The average Bonchev–Trinajstić information content (AvgIpc) is 2.79. The number of fused-ring (bicyclic) bond motifs is 1. The second-order valence-corrected chi connectivity index (χ2v) is 7.70. The number of morpholine rings is 1. The molecule has 0 spiro atoms. The molecule has 9 heteroatoms. The maximum Gasteiger partial charge on any atom is 0.265 e. The van der Waals surface area contributed by atoms with E-state index >= 15 is 0 Å². The predicted molar refractivity (Wildman–Crippen MR) is 117 cm³/mol. The molecule has 8 nitrogen and oxygen atoms in total. The van der Waals surface area contributed by atoms with Gasteiger partial charge in [0.05, 0.1) is 44.1 Å². The molecule has 1 saturated heterocycles. The number of para-hydroxylation sites is 2. The average molecular weight is 446 g/mol. The summed E-state index contributed by atoms with van der Waals surface area (Å²) in [6.07, 6.45) is -0.684. The van der Waals surface area contributed by atoms with E-state index in [2.05, 4.69) is 5.32 Å². The first-order valence-corrected chi connectivity index (χ1v) is 10.4. The van der Waals surface area contributed by atoms with Gasteiger partial charge < -0.3 is 29.3 Å². The van der Waals surface area contributed by atoms with Crippen molar-refractivity contribution in [2.45, 2.75) is 6.10 Å². The van der Waals surface area contributed by atoms with Crippen LogP contribution >= 0.6 is 11.6 Å². The summed E-state index contributed by atoms with van der Waals surface area (Å²) in [6, 6.07) is 12.5. The van der Waals surface area contributed by atoms with Gasteiger partial charge in [0.25, 0.3) is 5.91 Å². The summed E-state index contributed by atoms with van der Waals surface area (Å²) in [4.78, 5) is 29.3. The quantitative estimate of drug-likeness (QED) is 0.761. The van der Waals surface area contributed by atoms with Gasteiger partial charge in [-0.05, 0) is 30.3 Å². The number of ether oxygens (including phenoxy) is 3. The van der Waals surface area contributed by atoms with E-state index in [9.17, 15) is 9.59 Å². The number of methoxy groups -OCH3 is 1. The van der Waals surface area contributed by atoms with Crippen LogP contribution in [0, 0.1) is 0 Å². The van der Waals surface area contributed by atoms with Crippen LogP contribution < -0.4 is 19.7 Å². The molecule has 2 aliphatic rings. The fourth-order valence-corrected chi connectivity index (χ4v) is 3.95. The maximum absolute atomic E-state index is 13.0. The molecule has 0 aliphatic carbocycles. The highest BCUT2D eigenvalue weighted by Crippen LogP contribution is 2.33. The number of hydrogen-bond acceptors (Lipinski definition) is 6. The number of carbonyl (C=O) groups excluding carboxylic acids is 2. The second kappa shape index (κ2) is 9.45. The Labute approximate surface area is 185 Å². The van der Waals surface area contributed by atoms with Crippen LogP contribution in [0.15, 0.2) is 42.5 Å². The Morgan fingerprint density at radius 3 is 2.71 bits per heavy atom. The molecule has 0 bridgehead atoms. The lowest BCUT2D eigenvalue weighted by molar-refractivity contribution is -0.142. The smallest absolute Gasteiger partial charge is 0.265 e. The van der Waals surface area contributed by atoms with Crippen LogP contribution in [-0.4, -0.2) is 69.3 Å². The van der Waals surface area contributed by atoms with Gasteiger partial charge in [-0.1, -0.05) is 23.7 Å². The van der Waals surface area contributed by atoms with E-state index < -0.39 is 6.10 Å². The highest BCUT2D eigenvalue weighted by molar-refractivity contribution is 6.32. The molecule has 0 radical (unpaired) electrons. The monoisotopic (exact) mass is 445 g/mol. The minimum atomic E-state index is -0.684. The van der Waals surface area contributed by atoms with Gasteiger partial charge in [-0.2, -0.15) is 0 Å². The van der Waals surface area contributed by atoms with Crippen molar-refractivity contribution in [3.63, 3.8) is 0 Å². The fraction of sp³-hybridized carbons (Fsp3) is 0.364. The van der Waals surface area contributed by atoms with Gasteiger partial charge >= 0.3 is 0 Å². The first kappa shape index (κ1) is 21.3. The summed E-state index contributed by atoms with van der Waals surface area (Å²) in [5, 5.41) is 3.26. The number of halogens is 1. The van der Waals surface area contributed by atoms with Gasteiger partial charge in [-0.25, -0.2) is 0 Å². The van der Waals surface area contributed by atoms with Gasteiger partial charge in [0, 0.05) is 18.8 Å². The molecule has 2 aliphatic heterocycles. The summed E-state index contributed by atoms with van der Waals surface area (Å²) in [7, 11) is 1.53. The topological polar surface area (TPSA) is 80.3 Å². The van der Waals surface area contributed by atoms with Crippen molar-refractivity contribution in [1.29, 1.82) is 0 Å². The zero-order valence-electron chi connectivity index (χ0n) is 17.2. The second-order valence-electron chi connectivity index (χ2n) is 7.29. The summed E-state index contributed by atoms with van der Waals surface area (Å²) < 4.78 is 16.5. The first-order chi connectivity index (χ1) is 15.0. The number of nitrogens with one attached hydrogen (secondary N) is 1. The summed E-state index contributed by atoms with van der Waals surface area (Å²) >= 11 is 6.15.